The summed E-state index contributed by atoms with van der Waals surface area (Å²) in [5, 5.41) is 3.09. The van der Waals surface area contributed by atoms with E-state index in [1.54, 1.807) is 6.07 Å². The third-order valence-corrected chi connectivity index (χ3v) is 3.79. The molecule has 0 aromatic heterocycles. The van der Waals surface area contributed by atoms with Crippen molar-refractivity contribution in [1.29, 1.82) is 0 Å². The molecule has 2 aromatic rings. The van der Waals surface area contributed by atoms with Crippen LogP contribution in [0, 0.1) is 0 Å². The Bertz CT molecular complexity index is 699. The highest BCUT2D eigenvalue weighted by Gasteiger charge is 2.31. The SMILES string of the molecule is CCNCc1cc(C(F)(F)F)ccc1-c1cc(CN)ccc1OC. The first-order chi connectivity index (χ1) is 11.4. The summed E-state index contributed by atoms with van der Waals surface area (Å²) < 4.78 is 44.5. The van der Waals surface area contributed by atoms with Crippen molar-refractivity contribution in [2.45, 2.75) is 26.2 Å². The number of alkyl halides is 3. The van der Waals surface area contributed by atoms with E-state index in [9.17, 15) is 13.2 Å². The molecule has 0 atom stereocenters. The molecule has 0 bridgehead atoms. The Hall–Kier alpha value is -2.05. The molecule has 6 heteroatoms. The van der Waals surface area contributed by atoms with Crippen molar-refractivity contribution in [3.05, 3.63) is 53.1 Å². The zero-order valence-electron chi connectivity index (χ0n) is 13.7. The average molecular weight is 338 g/mol. The second-order valence-corrected chi connectivity index (χ2v) is 5.39. The van der Waals surface area contributed by atoms with Gasteiger partial charge in [0.05, 0.1) is 12.7 Å². The third-order valence-electron chi connectivity index (χ3n) is 3.79. The predicted octanol–water partition coefficient (Wildman–Crippen LogP) is 3.95. The van der Waals surface area contributed by atoms with Gasteiger partial charge in [0, 0.05) is 18.7 Å². The molecular formula is C18H21F3N2O. The molecule has 0 spiro atoms. The van der Waals surface area contributed by atoms with Gasteiger partial charge in [0.15, 0.2) is 0 Å². The second-order valence-electron chi connectivity index (χ2n) is 5.39. The van der Waals surface area contributed by atoms with E-state index in [0.717, 1.165) is 17.2 Å². The van der Waals surface area contributed by atoms with Crippen molar-refractivity contribution in [1.82, 2.24) is 5.32 Å². The summed E-state index contributed by atoms with van der Waals surface area (Å²) in [6.45, 7) is 3.25. The third kappa shape index (κ3) is 4.07. The number of hydrogen-bond acceptors (Lipinski definition) is 3. The van der Waals surface area contributed by atoms with Crippen LogP contribution >= 0.6 is 0 Å². The van der Waals surface area contributed by atoms with E-state index < -0.39 is 11.7 Å². The molecule has 0 heterocycles. The first-order valence-electron chi connectivity index (χ1n) is 7.68. The van der Waals surface area contributed by atoms with Gasteiger partial charge in [0.2, 0.25) is 0 Å². The molecule has 130 valence electrons. The van der Waals surface area contributed by atoms with E-state index in [2.05, 4.69) is 5.32 Å². The minimum absolute atomic E-state index is 0.339. The van der Waals surface area contributed by atoms with Gasteiger partial charge in [-0.15, -0.1) is 0 Å². The number of hydrogen-bond donors (Lipinski definition) is 2. The van der Waals surface area contributed by atoms with Crippen LogP contribution in [0.3, 0.4) is 0 Å². The van der Waals surface area contributed by atoms with Crippen LogP contribution in [0.5, 0.6) is 5.75 Å². The van der Waals surface area contributed by atoms with Gasteiger partial charge in [-0.3, -0.25) is 0 Å². The molecule has 0 aliphatic carbocycles. The van der Waals surface area contributed by atoms with Crippen LogP contribution < -0.4 is 15.8 Å². The number of benzene rings is 2. The maximum atomic E-state index is 13.0. The number of nitrogens with two attached hydrogens (primary N) is 1. The largest absolute Gasteiger partial charge is 0.496 e. The van der Waals surface area contributed by atoms with Crippen molar-refractivity contribution in [2.75, 3.05) is 13.7 Å². The minimum atomic E-state index is -4.37. The van der Waals surface area contributed by atoms with Gasteiger partial charge in [-0.2, -0.15) is 13.2 Å². The number of nitrogens with one attached hydrogen (secondary N) is 1. The Morgan fingerprint density at radius 1 is 1.08 bits per heavy atom. The van der Waals surface area contributed by atoms with Gasteiger partial charge in [-0.25, -0.2) is 0 Å². The van der Waals surface area contributed by atoms with Crippen molar-refractivity contribution < 1.29 is 17.9 Å². The van der Waals surface area contributed by atoms with Crippen LogP contribution in [0.25, 0.3) is 11.1 Å². The van der Waals surface area contributed by atoms with E-state index in [4.69, 9.17) is 10.5 Å². The molecule has 3 nitrogen and oxygen atoms in total. The first kappa shape index (κ1) is 18.3. The van der Waals surface area contributed by atoms with Crippen LogP contribution in [0.2, 0.25) is 0 Å². The maximum Gasteiger partial charge on any atom is 0.416 e. The lowest BCUT2D eigenvalue weighted by molar-refractivity contribution is -0.137. The molecule has 0 unspecified atom stereocenters. The quantitative estimate of drug-likeness (QED) is 0.838. The van der Waals surface area contributed by atoms with Gasteiger partial charge in [0.25, 0.3) is 0 Å². The molecule has 0 saturated heterocycles. The lowest BCUT2D eigenvalue weighted by Gasteiger charge is -2.17. The number of halogens is 3. The monoisotopic (exact) mass is 338 g/mol. The van der Waals surface area contributed by atoms with Crippen molar-refractivity contribution in [3.63, 3.8) is 0 Å². The molecule has 2 aromatic carbocycles. The van der Waals surface area contributed by atoms with Crippen molar-refractivity contribution >= 4 is 0 Å². The summed E-state index contributed by atoms with van der Waals surface area (Å²) in [7, 11) is 1.54. The van der Waals surface area contributed by atoms with Crippen LogP contribution in [0.4, 0.5) is 13.2 Å². The Morgan fingerprint density at radius 2 is 1.83 bits per heavy atom. The number of methoxy groups -OCH3 is 1. The van der Waals surface area contributed by atoms with E-state index >= 15 is 0 Å². The van der Waals surface area contributed by atoms with Crippen molar-refractivity contribution in [3.8, 4) is 16.9 Å². The fourth-order valence-electron chi connectivity index (χ4n) is 2.53. The summed E-state index contributed by atoms with van der Waals surface area (Å²) in [6, 6.07) is 9.26. The zero-order chi connectivity index (χ0) is 17.7. The van der Waals surface area contributed by atoms with E-state index in [-0.39, 0.29) is 0 Å². The minimum Gasteiger partial charge on any atom is -0.496 e. The molecule has 0 radical (unpaired) electrons. The molecule has 3 N–H and O–H groups in total. The van der Waals surface area contributed by atoms with Gasteiger partial charge < -0.3 is 15.8 Å². The summed E-state index contributed by atoms with van der Waals surface area (Å²) in [6.07, 6.45) is -4.37. The molecule has 24 heavy (non-hydrogen) atoms. The Morgan fingerprint density at radius 3 is 2.42 bits per heavy atom. The smallest absolute Gasteiger partial charge is 0.416 e. The van der Waals surface area contributed by atoms with Gasteiger partial charge >= 0.3 is 6.18 Å². The highest BCUT2D eigenvalue weighted by molar-refractivity contribution is 5.74. The normalized spacial score (nSPS) is 11.6. The molecular weight excluding hydrogens is 317 g/mol. The summed E-state index contributed by atoms with van der Waals surface area (Å²) in [4.78, 5) is 0. The van der Waals surface area contributed by atoms with Gasteiger partial charge in [-0.05, 0) is 47.5 Å². The lowest BCUT2D eigenvalue weighted by Crippen LogP contribution is -2.14. The second kappa shape index (κ2) is 7.68. The number of ether oxygens (including phenoxy) is 1. The fraction of sp³-hybridized carbons (Fsp3) is 0.333. The standard InChI is InChI=1S/C18H21F3N2O/c1-3-23-11-13-9-14(18(19,20)21)5-6-15(13)16-8-12(10-22)4-7-17(16)24-2/h4-9,23H,3,10-11,22H2,1-2H3. The summed E-state index contributed by atoms with van der Waals surface area (Å²) >= 11 is 0. The lowest BCUT2D eigenvalue weighted by atomic mass is 9.95. The van der Waals surface area contributed by atoms with Crippen LogP contribution in [-0.2, 0) is 19.3 Å². The molecule has 0 saturated carbocycles. The molecule has 0 fully saturated rings. The summed E-state index contributed by atoms with van der Waals surface area (Å²) in [5.74, 6) is 0.602. The van der Waals surface area contributed by atoms with E-state index in [1.807, 2.05) is 19.1 Å². The molecule has 0 aliphatic heterocycles. The zero-order valence-corrected chi connectivity index (χ0v) is 13.7. The Balaban J connectivity index is 2.60. The highest BCUT2D eigenvalue weighted by atomic mass is 19.4. The van der Waals surface area contributed by atoms with Crippen molar-refractivity contribution in [2.24, 2.45) is 5.73 Å². The summed E-state index contributed by atoms with van der Waals surface area (Å²) in [5.41, 5.74) is 7.93. The molecule has 0 aliphatic rings. The fourth-order valence-corrected chi connectivity index (χ4v) is 2.53. The topological polar surface area (TPSA) is 47.3 Å². The Kier molecular flexibility index (Phi) is 5.85. The van der Waals surface area contributed by atoms with Gasteiger partial charge in [0.1, 0.15) is 5.75 Å². The van der Waals surface area contributed by atoms with Gasteiger partial charge in [-0.1, -0.05) is 19.1 Å². The maximum absolute atomic E-state index is 13.0. The highest BCUT2D eigenvalue weighted by Crippen LogP contribution is 2.37. The van der Waals surface area contributed by atoms with E-state index in [0.29, 0.717) is 36.5 Å². The van der Waals surface area contributed by atoms with Crippen LogP contribution in [0.15, 0.2) is 36.4 Å². The molecule has 0 amide bonds. The predicted molar refractivity (Wildman–Crippen MR) is 88.7 cm³/mol. The number of rotatable bonds is 6. The Labute approximate surface area is 139 Å². The first-order valence-corrected chi connectivity index (χ1v) is 7.68. The van der Waals surface area contributed by atoms with Crippen LogP contribution in [-0.4, -0.2) is 13.7 Å². The van der Waals surface area contributed by atoms with Crippen LogP contribution in [0.1, 0.15) is 23.6 Å². The average Bonchev–Trinajstić information content (AvgIpc) is 2.58. The molecule has 2 rings (SSSR count). The van der Waals surface area contributed by atoms with E-state index in [1.165, 1.54) is 19.2 Å².